The Labute approximate surface area is 100 Å². The zero-order valence-electron chi connectivity index (χ0n) is 9.98. The first-order valence-electron chi connectivity index (χ1n) is 6.06. The molecule has 3 rings (SSSR count). The summed E-state index contributed by atoms with van der Waals surface area (Å²) in [4.78, 5) is 14.5. The number of imidazole rings is 1. The van der Waals surface area contributed by atoms with E-state index >= 15 is 0 Å². The molecule has 0 saturated carbocycles. The highest BCUT2D eigenvalue weighted by atomic mass is 15.2. The number of H-pyrrole nitrogens is 1. The van der Waals surface area contributed by atoms with Gasteiger partial charge in [-0.3, -0.25) is 0 Å². The number of fused-ring (bicyclic) bond motifs is 1. The average Bonchev–Trinajstić information content (AvgIpc) is 2.74. The Bertz CT molecular complexity index is 522. The lowest BCUT2D eigenvalue weighted by Gasteiger charge is -2.25. The minimum absolute atomic E-state index is 0.718. The van der Waals surface area contributed by atoms with Gasteiger partial charge in [-0.1, -0.05) is 12.1 Å². The summed E-state index contributed by atoms with van der Waals surface area (Å²) in [5.74, 6) is 1.85. The van der Waals surface area contributed by atoms with Gasteiger partial charge in [-0.2, -0.15) is 4.99 Å². The minimum Gasteiger partial charge on any atom is -0.363 e. The third kappa shape index (κ3) is 2.02. The second kappa shape index (κ2) is 4.20. The van der Waals surface area contributed by atoms with Crippen molar-refractivity contribution in [2.45, 2.75) is 19.3 Å². The lowest BCUT2D eigenvalue weighted by Crippen LogP contribution is -2.31. The summed E-state index contributed by atoms with van der Waals surface area (Å²) >= 11 is 0. The first-order chi connectivity index (χ1) is 8.33. The molecule has 1 N–H and O–H groups in total. The van der Waals surface area contributed by atoms with E-state index in [-0.39, 0.29) is 0 Å². The molecule has 1 fully saturated rings. The fourth-order valence-corrected chi connectivity index (χ4v) is 2.21. The van der Waals surface area contributed by atoms with Crippen LogP contribution in [0.2, 0.25) is 0 Å². The number of hydrogen-bond acceptors (Lipinski definition) is 2. The summed E-state index contributed by atoms with van der Waals surface area (Å²) in [6.45, 7) is 1.10. The quantitative estimate of drug-likeness (QED) is 0.815. The van der Waals surface area contributed by atoms with E-state index in [1.807, 2.05) is 24.3 Å². The van der Waals surface area contributed by atoms with Gasteiger partial charge < -0.3 is 9.88 Å². The van der Waals surface area contributed by atoms with Crippen LogP contribution in [0.1, 0.15) is 19.3 Å². The van der Waals surface area contributed by atoms with Gasteiger partial charge in [0.15, 0.2) is 0 Å². The number of para-hydroxylation sites is 2. The first-order valence-corrected chi connectivity index (χ1v) is 6.06. The standard InChI is InChI=1S/C13H16N4/c1-17-9-5-4-8-12(17)16-13-14-10-6-2-3-7-11(10)15-13/h2-3,6-7H,4-5,8-9H2,1H3,(H,14,15)/b16-12-. The summed E-state index contributed by atoms with van der Waals surface area (Å²) in [6, 6.07) is 8.02. The largest absolute Gasteiger partial charge is 0.363 e. The van der Waals surface area contributed by atoms with Crippen molar-refractivity contribution in [1.29, 1.82) is 0 Å². The van der Waals surface area contributed by atoms with Crippen molar-refractivity contribution in [3.63, 3.8) is 0 Å². The molecule has 1 aliphatic rings. The minimum atomic E-state index is 0.718. The van der Waals surface area contributed by atoms with Crippen molar-refractivity contribution in [2.75, 3.05) is 13.6 Å². The molecule has 4 nitrogen and oxygen atoms in total. The highest BCUT2D eigenvalue weighted by Gasteiger charge is 2.13. The topological polar surface area (TPSA) is 44.3 Å². The number of nitrogens with zero attached hydrogens (tertiary/aromatic N) is 3. The van der Waals surface area contributed by atoms with Crippen molar-refractivity contribution in [3.05, 3.63) is 24.3 Å². The number of aromatic nitrogens is 2. The van der Waals surface area contributed by atoms with Gasteiger partial charge >= 0.3 is 0 Å². The number of benzene rings is 1. The SMILES string of the molecule is CN1CCCC/C1=N/c1nc2ccccc2[nH]1. The normalized spacial score (nSPS) is 19.1. The predicted molar refractivity (Wildman–Crippen MR) is 69.7 cm³/mol. The van der Waals surface area contributed by atoms with Gasteiger partial charge in [-0.05, 0) is 25.0 Å². The molecular formula is C13H16N4. The molecule has 0 unspecified atom stereocenters. The second-order valence-corrected chi connectivity index (χ2v) is 4.48. The van der Waals surface area contributed by atoms with Crippen LogP contribution in [0.3, 0.4) is 0 Å². The van der Waals surface area contributed by atoms with Crippen molar-refractivity contribution < 1.29 is 0 Å². The number of nitrogens with one attached hydrogen (secondary N) is 1. The van der Waals surface area contributed by atoms with Crippen LogP contribution in [-0.2, 0) is 0 Å². The Kier molecular flexibility index (Phi) is 2.55. The number of hydrogen-bond donors (Lipinski definition) is 1. The van der Waals surface area contributed by atoms with Gasteiger partial charge in [0.1, 0.15) is 5.84 Å². The third-order valence-electron chi connectivity index (χ3n) is 3.20. The first kappa shape index (κ1) is 10.3. The Hall–Kier alpha value is -1.84. The molecule has 1 aliphatic heterocycles. The monoisotopic (exact) mass is 228 g/mol. The number of rotatable bonds is 1. The smallest absolute Gasteiger partial charge is 0.229 e. The molecule has 2 heterocycles. The number of amidine groups is 1. The van der Waals surface area contributed by atoms with E-state index in [0.29, 0.717) is 0 Å². The molecule has 1 saturated heterocycles. The van der Waals surface area contributed by atoms with Crippen LogP contribution in [0.4, 0.5) is 5.95 Å². The van der Waals surface area contributed by atoms with E-state index < -0.39 is 0 Å². The molecular weight excluding hydrogens is 212 g/mol. The van der Waals surface area contributed by atoms with Crippen molar-refractivity contribution in [1.82, 2.24) is 14.9 Å². The number of likely N-dealkylation sites (tertiary alicyclic amines) is 1. The molecule has 0 radical (unpaired) electrons. The van der Waals surface area contributed by atoms with E-state index in [0.717, 1.165) is 35.8 Å². The maximum absolute atomic E-state index is 4.61. The number of aliphatic imine (C=N–C) groups is 1. The van der Waals surface area contributed by atoms with Crippen LogP contribution < -0.4 is 0 Å². The lowest BCUT2D eigenvalue weighted by molar-refractivity contribution is 0.434. The van der Waals surface area contributed by atoms with E-state index in [2.05, 4.69) is 26.9 Å². The molecule has 88 valence electrons. The molecule has 1 aromatic carbocycles. The van der Waals surface area contributed by atoms with Crippen LogP contribution in [-0.4, -0.2) is 34.3 Å². The Morgan fingerprint density at radius 1 is 1.29 bits per heavy atom. The molecule has 0 atom stereocenters. The van der Waals surface area contributed by atoms with E-state index in [4.69, 9.17) is 0 Å². The molecule has 0 amide bonds. The number of aromatic amines is 1. The molecule has 0 bridgehead atoms. The summed E-state index contributed by atoms with van der Waals surface area (Å²) in [7, 11) is 2.10. The van der Waals surface area contributed by atoms with Crippen LogP contribution >= 0.6 is 0 Å². The van der Waals surface area contributed by atoms with Crippen LogP contribution in [0, 0.1) is 0 Å². The summed E-state index contributed by atoms with van der Waals surface area (Å²) in [6.07, 6.45) is 3.53. The molecule has 1 aromatic heterocycles. The second-order valence-electron chi connectivity index (χ2n) is 4.48. The lowest BCUT2D eigenvalue weighted by atomic mass is 10.1. The fraction of sp³-hybridized carbons (Fsp3) is 0.385. The van der Waals surface area contributed by atoms with Crippen LogP contribution in [0.15, 0.2) is 29.3 Å². The summed E-state index contributed by atoms with van der Waals surface area (Å²) < 4.78 is 0. The van der Waals surface area contributed by atoms with Crippen molar-refractivity contribution >= 4 is 22.8 Å². The summed E-state index contributed by atoms with van der Waals surface area (Å²) in [5.41, 5.74) is 2.02. The number of piperidine rings is 1. The van der Waals surface area contributed by atoms with Gasteiger partial charge in [-0.25, -0.2) is 4.98 Å². The molecule has 2 aromatic rings. The van der Waals surface area contributed by atoms with Crippen LogP contribution in [0.25, 0.3) is 11.0 Å². The van der Waals surface area contributed by atoms with Gasteiger partial charge in [0.05, 0.1) is 11.0 Å². The summed E-state index contributed by atoms with van der Waals surface area (Å²) in [5, 5.41) is 0. The fourth-order valence-electron chi connectivity index (χ4n) is 2.21. The van der Waals surface area contributed by atoms with Crippen molar-refractivity contribution in [2.24, 2.45) is 4.99 Å². The van der Waals surface area contributed by atoms with E-state index in [9.17, 15) is 0 Å². The molecule has 17 heavy (non-hydrogen) atoms. The zero-order chi connectivity index (χ0) is 11.7. The predicted octanol–water partition coefficient (Wildman–Crippen LogP) is 2.71. The van der Waals surface area contributed by atoms with Gasteiger partial charge in [0, 0.05) is 20.0 Å². The van der Waals surface area contributed by atoms with E-state index in [1.165, 1.54) is 12.8 Å². The van der Waals surface area contributed by atoms with Gasteiger partial charge in [0.25, 0.3) is 0 Å². The highest BCUT2D eigenvalue weighted by Crippen LogP contribution is 2.18. The van der Waals surface area contributed by atoms with E-state index in [1.54, 1.807) is 0 Å². The molecule has 0 aliphatic carbocycles. The average molecular weight is 228 g/mol. The van der Waals surface area contributed by atoms with Gasteiger partial charge in [0.2, 0.25) is 5.95 Å². The Morgan fingerprint density at radius 2 is 2.18 bits per heavy atom. The van der Waals surface area contributed by atoms with Gasteiger partial charge in [-0.15, -0.1) is 0 Å². The van der Waals surface area contributed by atoms with Crippen molar-refractivity contribution in [3.8, 4) is 0 Å². The third-order valence-corrected chi connectivity index (χ3v) is 3.20. The molecule has 0 spiro atoms. The Balaban J connectivity index is 1.95. The molecule has 4 heteroatoms. The maximum Gasteiger partial charge on any atom is 0.229 e. The zero-order valence-corrected chi connectivity index (χ0v) is 9.98. The Morgan fingerprint density at radius 3 is 3.00 bits per heavy atom. The van der Waals surface area contributed by atoms with Crippen LogP contribution in [0.5, 0.6) is 0 Å². The maximum atomic E-state index is 4.61. The highest BCUT2D eigenvalue weighted by molar-refractivity contribution is 5.85.